The molecule has 0 saturated carbocycles. The van der Waals surface area contributed by atoms with Gasteiger partial charge in [-0.1, -0.05) is 12.1 Å². The van der Waals surface area contributed by atoms with Gasteiger partial charge in [0.05, 0.1) is 7.11 Å². The molecule has 100 valence electrons. The molecule has 1 aromatic rings. The summed E-state index contributed by atoms with van der Waals surface area (Å²) in [4.78, 5) is 0. The van der Waals surface area contributed by atoms with E-state index in [-0.39, 0.29) is 0 Å². The highest BCUT2D eigenvalue weighted by atomic mass is 32.2. The second-order valence-corrected chi connectivity index (χ2v) is 6.96. The second kappa shape index (κ2) is 5.98. The smallest absolute Gasteiger partial charge is 0.119 e. The van der Waals surface area contributed by atoms with Crippen LogP contribution in [0.5, 0.6) is 5.75 Å². The van der Waals surface area contributed by atoms with Gasteiger partial charge in [-0.2, -0.15) is 11.8 Å². The Bertz CT molecular complexity index is 388. The Morgan fingerprint density at radius 2 is 2.33 bits per heavy atom. The van der Waals surface area contributed by atoms with Gasteiger partial charge in [0.1, 0.15) is 5.75 Å². The van der Waals surface area contributed by atoms with E-state index in [9.17, 15) is 0 Å². The molecule has 3 heteroatoms. The summed E-state index contributed by atoms with van der Waals surface area (Å²) in [5, 5.41) is 3.66. The zero-order chi connectivity index (χ0) is 13.0. The van der Waals surface area contributed by atoms with Crippen molar-refractivity contribution in [3.63, 3.8) is 0 Å². The fourth-order valence-corrected chi connectivity index (χ4v) is 3.63. The number of ether oxygens (including phenoxy) is 1. The lowest BCUT2D eigenvalue weighted by Crippen LogP contribution is -2.34. The van der Waals surface area contributed by atoms with Crippen molar-refractivity contribution in [1.82, 2.24) is 5.32 Å². The number of benzene rings is 1. The maximum Gasteiger partial charge on any atom is 0.119 e. The van der Waals surface area contributed by atoms with E-state index < -0.39 is 0 Å². The lowest BCUT2D eigenvalue weighted by molar-refractivity contribution is 0.413. The molecule has 0 aliphatic carbocycles. The van der Waals surface area contributed by atoms with Gasteiger partial charge in [0.25, 0.3) is 0 Å². The SMILES string of the molecule is COc1cccc(C(C)NCC2(C)CCCS2)c1. The van der Waals surface area contributed by atoms with E-state index in [1.54, 1.807) is 7.11 Å². The summed E-state index contributed by atoms with van der Waals surface area (Å²) in [6.07, 6.45) is 2.69. The maximum atomic E-state index is 5.27. The predicted octanol–water partition coefficient (Wildman–Crippen LogP) is 3.63. The van der Waals surface area contributed by atoms with Crippen molar-refractivity contribution in [2.75, 3.05) is 19.4 Å². The van der Waals surface area contributed by atoms with Gasteiger partial charge in [0.2, 0.25) is 0 Å². The third-order valence-corrected chi connectivity index (χ3v) is 5.21. The van der Waals surface area contributed by atoms with E-state index in [2.05, 4.69) is 49.1 Å². The number of rotatable bonds is 5. The molecule has 0 amide bonds. The zero-order valence-corrected chi connectivity index (χ0v) is 12.3. The van der Waals surface area contributed by atoms with Crippen LogP contribution in [0.2, 0.25) is 0 Å². The molecule has 1 N–H and O–H groups in total. The molecule has 1 aliphatic heterocycles. The minimum Gasteiger partial charge on any atom is -0.497 e. The molecule has 1 heterocycles. The van der Waals surface area contributed by atoms with Gasteiger partial charge in [0, 0.05) is 17.3 Å². The third kappa shape index (κ3) is 3.42. The van der Waals surface area contributed by atoms with Gasteiger partial charge in [-0.25, -0.2) is 0 Å². The van der Waals surface area contributed by atoms with Gasteiger partial charge in [-0.05, 0) is 50.1 Å². The molecule has 2 atom stereocenters. The number of methoxy groups -OCH3 is 1. The molecule has 0 bridgehead atoms. The number of thioether (sulfide) groups is 1. The van der Waals surface area contributed by atoms with E-state index >= 15 is 0 Å². The van der Waals surface area contributed by atoms with E-state index in [1.165, 1.54) is 24.2 Å². The molecule has 1 aliphatic rings. The maximum absolute atomic E-state index is 5.27. The van der Waals surface area contributed by atoms with Crippen molar-refractivity contribution in [2.45, 2.75) is 37.5 Å². The zero-order valence-electron chi connectivity index (χ0n) is 11.5. The summed E-state index contributed by atoms with van der Waals surface area (Å²) in [5.74, 6) is 2.24. The van der Waals surface area contributed by atoms with Gasteiger partial charge in [-0.15, -0.1) is 0 Å². The Labute approximate surface area is 114 Å². The van der Waals surface area contributed by atoms with Crippen molar-refractivity contribution in [3.8, 4) is 5.75 Å². The van der Waals surface area contributed by atoms with Crippen molar-refractivity contribution in [2.24, 2.45) is 0 Å². The molecule has 2 nitrogen and oxygen atoms in total. The monoisotopic (exact) mass is 265 g/mol. The molecule has 2 rings (SSSR count). The van der Waals surface area contributed by atoms with E-state index in [4.69, 9.17) is 4.74 Å². The second-order valence-electron chi connectivity index (χ2n) is 5.28. The number of hydrogen-bond donors (Lipinski definition) is 1. The van der Waals surface area contributed by atoms with Crippen molar-refractivity contribution in [3.05, 3.63) is 29.8 Å². The van der Waals surface area contributed by atoms with Crippen LogP contribution >= 0.6 is 11.8 Å². The van der Waals surface area contributed by atoms with Gasteiger partial charge >= 0.3 is 0 Å². The van der Waals surface area contributed by atoms with E-state index in [1.807, 2.05) is 6.07 Å². The molecule has 1 saturated heterocycles. The summed E-state index contributed by atoms with van der Waals surface area (Å²) in [6.45, 7) is 5.67. The van der Waals surface area contributed by atoms with Crippen LogP contribution in [0.4, 0.5) is 0 Å². The van der Waals surface area contributed by atoms with Crippen molar-refractivity contribution < 1.29 is 4.74 Å². The molecule has 0 radical (unpaired) electrons. The van der Waals surface area contributed by atoms with Crippen LogP contribution < -0.4 is 10.1 Å². The van der Waals surface area contributed by atoms with Crippen LogP contribution in [0.15, 0.2) is 24.3 Å². The average molecular weight is 265 g/mol. The van der Waals surface area contributed by atoms with Crippen LogP contribution in [0.3, 0.4) is 0 Å². The molecule has 18 heavy (non-hydrogen) atoms. The van der Waals surface area contributed by atoms with E-state index in [0.717, 1.165) is 12.3 Å². The predicted molar refractivity (Wildman–Crippen MR) is 79.5 cm³/mol. The summed E-state index contributed by atoms with van der Waals surface area (Å²) >= 11 is 2.10. The van der Waals surface area contributed by atoms with Gasteiger partial charge < -0.3 is 10.1 Å². The standard InChI is InChI=1S/C15H23NOS/c1-12(13-6-4-7-14(10-13)17-3)16-11-15(2)8-5-9-18-15/h4,6-7,10,12,16H,5,8-9,11H2,1-3H3. The van der Waals surface area contributed by atoms with Crippen molar-refractivity contribution >= 4 is 11.8 Å². The molecular weight excluding hydrogens is 242 g/mol. The number of hydrogen-bond acceptors (Lipinski definition) is 3. The largest absolute Gasteiger partial charge is 0.497 e. The van der Waals surface area contributed by atoms with Crippen LogP contribution in [0.1, 0.15) is 38.3 Å². The quantitative estimate of drug-likeness (QED) is 0.878. The first-order chi connectivity index (χ1) is 8.63. The van der Waals surface area contributed by atoms with Crippen LogP contribution in [-0.2, 0) is 0 Å². The lowest BCUT2D eigenvalue weighted by atomic mass is 10.0. The topological polar surface area (TPSA) is 21.3 Å². The highest BCUT2D eigenvalue weighted by Gasteiger charge is 2.29. The molecule has 0 spiro atoms. The Balaban J connectivity index is 1.92. The fraction of sp³-hybridized carbons (Fsp3) is 0.600. The minimum atomic E-state index is 0.373. The molecular formula is C15H23NOS. The van der Waals surface area contributed by atoms with E-state index in [0.29, 0.717) is 10.8 Å². The van der Waals surface area contributed by atoms with Gasteiger partial charge in [0.15, 0.2) is 0 Å². The summed E-state index contributed by atoms with van der Waals surface area (Å²) in [5.41, 5.74) is 1.29. The average Bonchev–Trinajstić information content (AvgIpc) is 2.83. The third-order valence-electron chi connectivity index (χ3n) is 3.68. The lowest BCUT2D eigenvalue weighted by Gasteiger charge is -2.26. The minimum absolute atomic E-state index is 0.373. The Morgan fingerprint density at radius 1 is 1.50 bits per heavy atom. The molecule has 1 fully saturated rings. The first-order valence-corrected chi connectivity index (χ1v) is 7.63. The molecule has 1 aromatic carbocycles. The first kappa shape index (κ1) is 13.8. The first-order valence-electron chi connectivity index (χ1n) is 6.64. The van der Waals surface area contributed by atoms with Crippen molar-refractivity contribution in [1.29, 1.82) is 0 Å². The summed E-state index contributed by atoms with van der Waals surface area (Å²) < 4.78 is 5.69. The normalized spacial score (nSPS) is 25.1. The Kier molecular flexibility index (Phi) is 4.57. The summed E-state index contributed by atoms with van der Waals surface area (Å²) in [6, 6.07) is 8.69. The highest BCUT2D eigenvalue weighted by molar-refractivity contribution is 8.00. The van der Waals surface area contributed by atoms with Crippen LogP contribution in [0.25, 0.3) is 0 Å². The molecule has 2 unspecified atom stereocenters. The molecule has 0 aromatic heterocycles. The Morgan fingerprint density at radius 3 is 3.00 bits per heavy atom. The van der Waals surface area contributed by atoms with Crippen LogP contribution in [-0.4, -0.2) is 24.2 Å². The number of nitrogens with one attached hydrogen (secondary N) is 1. The van der Waals surface area contributed by atoms with Crippen LogP contribution in [0, 0.1) is 0 Å². The highest BCUT2D eigenvalue weighted by Crippen LogP contribution is 2.37. The summed E-state index contributed by atoms with van der Waals surface area (Å²) in [7, 11) is 1.72. The van der Waals surface area contributed by atoms with Gasteiger partial charge in [-0.3, -0.25) is 0 Å². The fourth-order valence-electron chi connectivity index (χ4n) is 2.37. The Hall–Kier alpha value is -0.670.